The van der Waals surface area contributed by atoms with Crippen LogP contribution in [0.15, 0.2) is 78.2 Å². The lowest BCUT2D eigenvalue weighted by Gasteiger charge is -2.31. The molecule has 624 valence electrons. The van der Waals surface area contributed by atoms with Crippen LogP contribution in [0.2, 0.25) is 0 Å². The van der Waals surface area contributed by atoms with Gasteiger partial charge in [-0.25, -0.2) is 47.1 Å². The number of ether oxygens (including phenoxy) is 8. The third kappa shape index (κ3) is 29.5. The number of carbonyl (C=O) groups is 10. The number of carbonyl (C=O) groups excluding carboxylic acids is 9. The first-order chi connectivity index (χ1) is 53.6. The molecule has 2 N–H and O–H groups in total. The van der Waals surface area contributed by atoms with Gasteiger partial charge >= 0.3 is 53.7 Å². The average molecular weight is 1680 g/mol. The predicted octanol–water partition coefficient (Wildman–Crippen LogP) is 17.0. The molecule has 2 aromatic carbocycles. The van der Waals surface area contributed by atoms with Gasteiger partial charge in [0, 0.05) is 94.3 Å². The number of nitrogens with one attached hydrogen (secondary N) is 1. The molecule has 4 aromatic heterocycles. The summed E-state index contributed by atoms with van der Waals surface area (Å²) in [7, 11) is 0. The smallest absolute Gasteiger partial charge is 0.411 e. The topological polar surface area (TPSA) is 293 Å². The summed E-state index contributed by atoms with van der Waals surface area (Å²) in [5.41, 5.74) is 3.28. The number of fused-ring (bicyclic) bond motifs is 4. The highest BCUT2D eigenvalue weighted by Gasteiger charge is 2.49. The molecule has 32 heteroatoms. The summed E-state index contributed by atoms with van der Waals surface area (Å²) in [4.78, 5) is 133. The molecule has 6 aliphatic rings. The summed E-state index contributed by atoms with van der Waals surface area (Å²) in [6, 6.07) is 19.6. The Kier molecular flexibility index (Phi) is 33.8. The monoisotopic (exact) mass is 1680 g/mol. The van der Waals surface area contributed by atoms with Crippen LogP contribution in [-0.2, 0) is 99.3 Å². The van der Waals surface area contributed by atoms with E-state index in [4.69, 9.17) is 49.9 Å². The number of amides is 5. The van der Waals surface area contributed by atoms with Crippen molar-refractivity contribution in [2.75, 3.05) is 65.7 Å². The minimum absolute atomic E-state index is 0.0208. The van der Waals surface area contributed by atoms with Crippen LogP contribution in [0.1, 0.15) is 217 Å². The highest BCUT2D eigenvalue weighted by Crippen LogP contribution is 2.47. The SMILES string of the molecule is CC(C)(C)OC(=O)N(CC(=O)O)C1CC1c1ccc(F)cc1.CC(C)(C)OC(=O)N1CCc2sccc2C1.CCOC(=O)Cl.CCOC(=O)c1cc2c(s1)CCN(C(=O)CN(C(=O)OC(C)(C)C)C1CC1c1ccc(F)cc1)C2.CCOC(=O)c1cc2c(s1)CCN(C(=O)OC(C)(C)C)C2.CCOC(=O)c1cc2c(s1)CCNC2. The second-order valence-corrected chi connectivity index (χ2v) is 35.9. The van der Waals surface area contributed by atoms with E-state index in [1.807, 2.05) is 60.6 Å². The summed E-state index contributed by atoms with van der Waals surface area (Å²) < 4.78 is 67.2. The van der Waals surface area contributed by atoms with Crippen LogP contribution in [0, 0.1) is 11.6 Å². The molecule has 5 amide bonds. The van der Waals surface area contributed by atoms with Crippen LogP contribution in [0.5, 0.6) is 0 Å². The largest absolute Gasteiger partial charge is 0.480 e. The van der Waals surface area contributed by atoms with Gasteiger partial charge in [-0.2, -0.15) is 0 Å². The van der Waals surface area contributed by atoms with Gasteiger partial charge in [-0.1, -0.05) is 24.3 Å². The van der Waals surface area contributed by atoms with Crippen molar-refractivity contribution in [3.05, 3.63) is 157 Å². The molecular formula is C82H107ClF2N6O19S4. The molecule has 0 spiro atoms. The number of hydrogen-bond donors (Lipinski definition) is 2. The van der Waals surface area contributed by atoms with Crippen LogP contribution in [0.25, 0.3) is 0 Å². The van der Waals surface area contributed by atoms with E-state index in [-0.39, 0.29) is 78.1 Å². The van der Waals surface area contributed by atoms with Gasteiger partial charge in [0.15, 0.2) is 0 Å². The molecular weight excluding hydrogens is 1570 g/mol. The predicted molar refractivity (Wildman–Crippen MR) is 432 cm³/mol. The second-order valence-electron chi connectivity index (χ2n) is 31.2. The van der Waals surface area contributed by atoms with Gasteiger partial charge in [-0.05, 0) is 237 Å². The zero-order chi connectivity index (χ0) is 84.2. The highest BCUT2D eigenvalue weighted by molar-refractivity contribution is 7.14. The van der Waals surface area contributed by atoms with E-state index in [1.165, 1.54) is 77.6 Å². The number of rotatable bonds is 15. The van der Waals surface area contributed by atoms with E-state index in [0.29, 0.717) is 88.2 Å². The fourth-order valence-electron chi connectivity index (χ4n) is 12.2. The van der Waals surface area contributed by atoms with E-state index >= 15 is 0 Å². The van der Waals surface area contributed by atoms with Crippen LogP contribution >= 0.6 is 56.9 Å². The molecule has 6 aromatic rings. The maximum Gasteiger partial charge on any atom is 0.411 e. The Balaban J connectivity index is 0.000000201. The van der Waals surface area contributed by atoms with Crippen LogP contribution in [0.4, 0.5) is 32.8 Å². The standard InChI is InChI=1S/C26H31FN2O5S.C16H20FNO4.C15H21NO4S.C12H17NO2S.C10H13NO2S.C3H5ClO2/c1-5-33-24(31)22-12-17-14-28(11-10-21(17)35-22)23(30)15-29(25(32)34-26(2,3)4)20-13-19(20)16-6-8-18(27)9-7-16;1-16(2,3)22-15(21)18(9-14(19)20)13-8-12(13)10-4-6-11(17)7-5-10;1-5-19-13(17)12-8-10-9-16(7-6-11(10)21-12)14(18)20-15(2,3)4;1-12(2,3)15-11(14)13-6-4-10-9(8-13)5-7-16-10;1-2-13-10(12)9-5-7-6-11-4-3-8(7)14-9;1-2-6-3(4)5/h6-9,12,19-20H,5,10-11,13-15H2,1-4H3;4-7,12-13H,8-9H2,1-3H3,(H,19,20);8H,5-7,9H2,1-4H3;5,7H,4,6,8H2,1-3H3;5,11H,2-4,6H2,1H3;2H2,1H3. The van der Waals surface area contributed by atoms with E-state index in [2.05, 4.69) is 21.5 Å². The number of carboxylic acid groups (broad SMARTS) is 1. The maximum atomic E-state index is 13.3. The number of aliphatic carboxylic acids is 1. The molecule has 12 rings (SSSR count). The Morgan fingerprint density at radius 1 is 0.482 bits per heavy atom. The summed E-state index contributed by atoms with van der Waals surface area (Å²) in [6.45, 7) is 35.2. The molecule has 0 radical (unpaired) electrons. The molecule has 8 heterocycles. The summed E-state index contributed by atoms with van der Waals surface area (Å²) >= 11 is 10.9. The van der Waals surface area contributed by atoms with Crippen LogP contribution in [0.3, 0.4) is 0 Å². The maximum absolute atomic E-state index is 13.3. The van der Waals surface area contributed by atoms with E-state index < -0.39 is 52.5 Å². The lowest BCUT2D eigenvalue weighted by molar-refractivity contribution is -0.138. The van der Waals surface area contributed by atoms with Crippen molar-refractivity contribution >= 4 is 117 Å². The van der Waals surface area contributed by atoms with Gasteiger partial charge < -0.3 is 63.0 Å². The second kappa shape index (κ2) is 41.7. The first-order valence-electron chi connectivity index (χ1n) is 38.0. The number of carboxylic acids is 1. The third-order valence-electron chi connectivity index (χ3n) is 17.4. The van der Waals surface area contributed by atoms with E-state index in [0.717, 1.165) is 75.8 Å². The Labute approximate surface area is 686 Å². The summed E-state index contributed by atoms with van der Waals surface area (Å²) in [6.07, 6.45) is 3.04. The number of thiophene rings is 4. The van der Waals surface area contributed by atoms with E-state index in [1.54, 1.807) is 130 Å². The normalized spacial score (nSPS) is 16.9. The Hall–Kier alpha value is -8.75. The molecule has 2 aliphatic carbocycles. The Bertz CT molecular complexity index is 4260. The zero-order valence-corrected chi connectivity index (χ0v) is 71.8. The van der Waals surface area contributed by atoms with E-state index in [9.17, 15) is 56.7 Å². The van der Waals surface area contributed by atoms with Crippen molar-refractivity contribution in [2.24, 2.45) is 0 Å². The minimum Gasteiger partial charge on any atom is -0.480 e. The van der Waals surface area contributed by atoms with Gasteiger partial charge in [-0.15, -0.1) is 45.3 Å². The Morgan fingerprint density at radius 3 is 1.23 bits per heavy atom. The molecule has 0 bridgehead atoms. The first-order valence-corrected chi connectivity index (χ1v) is 41.7. The third-order valence-corrected chi connectivity index (χ3v) is 22.2. The molecule has 4 aliphatic heterocycles. The molecule has 0 saturated heterocycles. The fourth-order valence-corrected chi connectivity index (χ4v) is 16.4. The van der Waals surface area contributed by atoms with Crippen molar-refractivity contribution in [1.29, 1.82) is 0 Å². The van der Waals surface area contributed by atoms with Crippen LogP contribution < -0.4 is 5.32 Å². The minimum atomic E-state index is -1.09. The fraction of sp³-hybridized carbons (Fsp3) is 0.537. The molecule has 4 atom stereocenters. The molecule has 114 heavy (non-hydrogen) atoms. The number of esters is 3. The van der Waals surface area contributed by atoms with Gasteiger partial charge in [0.1, 0.15) is 61.8 Å². The zero-order valence-electron chi connectivity index (χ0n) is 67.8. The lowest BCUT2D eigenvalue weighted by Crippen LogP contribution is -2.47. The van der Waals surface area contributed by atoms with Crippen molar-refractivity contribution in [1.82, 2.24) is 29.8 Å². The van der Waals surface area contributed by atoms with Gasteiger partial charge in [0.05, 0.1) is 39.5 Å². The van der Waals surface area contributed by atoms with Crippen molar-refractivity contribution in [3.8, 4) is 0 Å². The summed E-state index contributed by atoms with van der Waals surface area (Å²) in [5, 5.41) is 14.4. The van der Waals surface area contributed by atoms with Gasteiger partial charge in [0.2, 0.25) is 5.91 Å². The number of benzene rings is 2. The first kappa shape index (κ1) is 92.4. The van der Waals surface area contributed by atoms with Gasteiger partial charge in [-0.3, -0.25) is 19.4 Å². The van der Waals surface area contributed by atoms with Crippen molar-refractivity contribution < 1.29 is 99.7 Å². The molecule has 2 fully saturated rings. The number of hydrogen-bond acceptors (Lipinski definition) is 23. The number of halogens is 3. The van der Waals surface area contributed by atoms with Gasteiger partial charge in [0.25, 0.3) is 0 Å². The van der Waals surface area contributed by atoms with Crippen LogP contribution in [-0.4, -0.2) is 189 Å². The quantitative estimate of drug-likeness (QED) is 0.0548. The van der Waals surface area contributed by atoms with Crippen molar-refractivity contribution in [3.63, 3.8) is 0 Å². The summed E-state index contributed by atoms with van der Waals surface area (Å²) in [5.74, 6) is -2.66. The molecule has 4 unspecified atom stereocenters. The Morgan fingerprint density at radius 2 is 0.851 bits per heavy atom. The molecule has 25 nitrogen and oxygen atoms in total. The lowest BCUT2D eigenvalue weighted by atomic mass is 10.1. The molecule has 2 saturated carbocycles. The highest BCUT2D eigenvalue weighted by atomic mass is 35.5. The average Bonchev–Trinajstić information content (AvgIpc) is 1.62. The number of nitrogens with zero attached hydrogens (tertiary/aromatic N) is 5. The van der Waals surface area contributed by atoms with Crippen molar-refractivity contribution in [2.45, 2.75) is 222 Å².